The lowest BCUT2D eigenvalue weighted by Crippen LogP contribution is -2.40. The fourth-order valence-electron chi connectivity index (χ4n) is 16.7. The number of hydrogen-bond donors (Lipinski definition) is 4. The number of piperidine rings is 2. The average molecular weight is 1610 g/mol. The van der Waals surface area contributed by atoms with E-state index in [0.717, 1.165) is 149 Å². The maximum atomic E-state index is 13.1. The highest BCUT2D eigenvalue weighted by molar-refractivity contribution is 6.00. The number of carbonyl (C=O) groups excluding carboxylic acids is 3. The lowest BCUT2D eigenvalue weighted by atomic mass is 9.92. The Morgan fingerprint density at radius 1 is 0.383 bits per heavy atom. The number of ether oxygens (including phenoxy) is 3. The number of anilines is 3. The van der Waals surface area contributed by atoms with Crippen LogP contribution in [0.25, 0.3) is 66.9 Å². The Morgan fingerprint density at radius 2 is 0.717 bits per heavy atom. The molecule has 3 saturated heterocycles. The van der Waals surface area contributed by atoms with Gasteiger partial charge in [0.1, 0.15) is 88.0 Å². The molecule has 618 valence electrons. The summed E-state index contributed by atoms with van der Waals surface area (Å²) in [6.07, 6.45) is 33.9. The van der Waals surface area contributed by atoms with Crippen LogP contribution in [-0.4, -0.2) is 193 Å². The fourth-order valence-corrected chi connectivity index (χ4v) is 16.7. The summed E-state index contributed by atoms with van der Waals surface area (Å²) >= 11 is 0. The first-order chi connectivity index (χ1) is 58.8. The molecule has 7 N–H and O–H groups in total. The molecule has 6 aromatic heterocycles. The summed E-state index contributed by atoms with van der Waals surface area (Å²) in [6, 6.07) is 54.2. The molecule has 120 heavy (non-hydrogen) atoms. The van der Waals surface area contributed by atoms with E-state index in [2.05, 4.69) is 59.1 Å². The van der Waals surface area contributed by atoms with Gasteiger partial charge in [-0.15, -0.1) is 0 Å². The van der Waals surface area contributed by atoms with Crippen molar-refractivity contribution in [2.75, 3.05) is 90.2 Å². The number of likely N-dealkylation sites (tertiary alicyclic amines) is 3. The van der Waals surface area contributed by atoms with Crippen LogP contribution in [0.15, 0.2) is 219 Å². The Balaban J connectivity index is 0.000000134. The third-order valence-electron chi connectivity index (χ3n) is 23.9. The molecule has 12 aromatic rings. The maximum Gasteiger partial charge on any atom is 0.246 e. The van der Waals surface area contributed by atoms with Crippen molar-refractivity contribution in [1.29, 1.82) is 0 Å². The third kappa shape index (κ3) is 19.3. The number of nitrogen functional groups attached to an aromatic ring is 3. The Morgan fingerprint density at radius 3 is 1.07 bits per heavy atom. The van der Waals surface area contributed by atoms with Crippen molar-refractivity contribution in [3.63, 3.8) is 0 Å². The Bertz CT molecular complexity index is 5550. The van der Waals surface area contributed by atoms with Crippen LogP contribution < -0.4 is 36.7 Å². The third-order valence-corrected chi connectivity index (χ3v) is 23.9. The van der Waals surface area contributed by atoms with Crippen LogP contribution in [0.4, 0.5) is 17.5 Å². The molecule has 0 radical (unpaired) electrons. The first kappa shape index (κ1) is 81.0. The monoisotopic (exact) mass is 1610 g/mol. The van der Waals surface area contributed by atoms with Crippen molar-refractivity contribution in [2.24, 2.45) is 0 Å². The van der Waals surface area contributed by atoms with E-state index in [-0.39, 0.29) is 35.8 Å². The predicted molar refractivity (Wildman–Crippen MR) is 468 cm³/mol. The zero-order chi connectivity index (χ0) is 82.3. The standard InChI is InChI=1S/C32H37N7O2.C31H35N7O2.C30H33N7O2/c33-31-29-30(23-15-17-27(18-16-23)41-26-12-5-2-6-13-26)37-39(32(29)36-22-35-31)25-11-8-20-38(21-25)28(40)14-7-19-34-24-9-3-1-4-10-24;1-36(23-8-5-9-23)18-7-13-27(39)37-19-6-10-24(20-37)38-31-28(30(32)33-21-34-31)29(35-38)22-14-16-26(17-15-22)40-25-11-3-2-4-12-25;1-35(22-7-5-8-22)17-6-11-26(38)36-18-16-23(19-36)37-30-27(29(31)32-20-33-30)28(34-37)21-12-14-25(15-13-21)39-24-9-3-2-4-10-24/h2,5-7,12-18,22,24-25,34H,1,3-4,8-11,19-21H2,(H2,33,35,36);2-4,7,11-17,21,23-24H,5-6,8-10,18-20H2,1H3,(H2,32,33,34);2-4,6,9-15,20,22-23H,5,7-8,16-19H2,1H3,(H2,31,32,33)/b14-7+;13-7+;11-6+/t25-;24-;23-/m111/s1. The molecule has 27 nitrogen and oxygen atoms in total. The molecular formula is C93H105N21O6. The molecule has 0 unspecified atom stereocenters. The normalized spacial score (nSPS) is 18.0. The summed E-state index contributed by atoms with van der Waals surface area (Å²) in [4.78, 5) is 75.8. The first-order valence-electron chi connectivity index (χ1n) is 42.2. The topological polar surface area (TPSA) is 316 Å². The van der Waals surface area contributed by atoms with E-state index in [9.17, 15) is 14.4 Å². The highest BCUT2D eigenvalue weighted by Gasteiger charge is 2.34. The van der Waals surface area contributed by atoms with Crippen LogP contribution in [0.5, 0.6) is 34.5 Å². The number of rotatable bonds is 24. The molecule has 18 rings (SSSR count). The molecule has 3 saturated carbocycles. The lowest BCUT2D eigenvalue weighted by molar-refractivity contribution is -0.128. The number of para-hydroxylation sites is 3. The zero-order valence-electron chi connectivity index (χ0n) is 68.2. The van der Waals surface area contributed by atoms with Crippen LogP contribution in [0.1, 0.15) is 121 Å². The molecule has 0 spiro atoms. The van der Waals surface area contributed by atoms with Crippen LogP contribution in [0.3, 0.4) is 0 Å². The Hall–Kier alpha value is -12.7. The Labute approximate surface area is 699 Å². The number of aromatic nitrogens is 12. The van der Waals surface area contributed by atoms with E-state index < -0.39 is 0 Å². The second-order valence-corrected chi connectivity index (χ2v) is 32.0. The largest absolute Gasteiger partial charge is 0.457 e. The van der Waals surface area contributed by atoms with Crippen LogP contribution in [0, 0.1) is 0 Å². The minimum atomic E-state index is -0.00676. The van der Waals surface area contributed by atoms with E-state index >= 15 is 0 Å². The van der Waals surface area contributed by atoms with Crippen molar-refractivity contribution in [3.8, 4) is 68.3 Å². The molecule has 3 amide bonds. The van der Waals surface area contributed by atoms with E-state index in [0.29, 0.717) is 78.7 Å². The van der Waals surface area contributed by atoms with Crippen LogP contribution in [0.2, 0.25) is 0 Å². The molecule has 9 heterocycles. The summed E-state index contributed by atoms with van der Waals surface area (Å²) in [5.74, 6) is 5.82. The minimum absolute atomic E-state index is 0.00464. The number of hydrogen-bond acceptors (Lipinski definition) is 21. The highest BCUT2D eigenvalue weighted by atomic mass is 16.5. The van der Waals surface area contributed by atoms with Gasteiger partial charge >= 0.3 is 0 Å². The SMILES string of the molecule is CN(C/C=C/C(=O)N1CCC[C@@H](n2nc(-c3ccc(Oc4ccccc4)cc3)c3c(N)ncnc32)C1)C1CCC1.CN(C/C=C/C(=O)N1CC[C@@H](n2nc(-c3ccc(Oc4ccccc4)cc3)c3c(N)ncnc32)C1)C1CCC1.Nc1ncnc2c1c(-c1ccc(Oc3ccccc3)cc1)nn2[C@@H]1CCCN(C(=O)/C=C/CNC2CCCCC2)C1. The number of amides is 3. The molecule has 0 bridgehead atoms. The van der Waals surface area contributed by atoms with Crippen molar-refractivity contribution in [2.45, 2.75) is 139 Å². The second-order valence-electron chi connectivity index (χ2n) is 32.0. The van der Waals surface area contributed by atoms with E-state index in [1.165, 1.54) is 89.6 Å². The number of nitrogens with two attached hydrogens (primary N) is 3. The van der Waals surface area contributed by atoms with Gasteiger partial charge in [0.05, 0.1) is 34.3 Å². The number of benzene rings is 6. The number of likely N-dealkylation sites (N-methyl/N-ethyl adjacent to an activating group) is 2. The second kappa shape index (κ2) is 38.3. The van der Waals surface area contributed by atoms with Gasteiger partial charge in [-0.1, -0.05) is 105 Å². The van der Waals surface area contributed by atoms with Gasteiger partial charge in [0, 0.05) is 112 Å². The van der Waals surface area contributed by atoms with Gasteiger partial charge in [0.2, 0.25) is 17.7 Å². The molecular weight excluding hydrogens is 1510 g/mol. The van der Waals surface area contributed by atoms with Gasteiger partial charge in [-0.25, -0.2) is 43.9 Å². The highest BCUT2D eigenvalue weighted by Crippen LogP contribution is 2.40. The van der Waals surface area contributed by atoms with Crippen molar-refractivity contribution in [3.05, 3.63) is 219 Å². The van der Waals surface area contributed by atoms with Crippen molar-refractivity contribution < 1.29 is 28.6 Å². The van der Waals surface area contributed by atoms with Crippen molar-refractivity contribution >= 4 is 68.3 Å². The van der Waals surface area contributed by atoms with Gasteiger partial charge in [-0.2, -0.15) is 15.3 Å². The van der Waals surface area contributed by atoms with Crippen LogP contribution in [-0.2, 0) is 14.4 Å². The van der Waals surface area contributed by atoms with Gasteiger partial charge in [0.15, 0.2) is 16.9 Å². The van der Waals surface area contributed by atoms with Crippen molar-refractivity contribution in [1.82, 2.24) is 89.1 Å². The zero-order valence-corrected chi connectivity index (χ0v) is 68.2. The molecule has 3 atom stereocenters. The Kier molecular flexibility index (Phi) is 25.9. The fraction of sp³-hybridized carbons (Fsp3) is 0.355. The maximum absolute atomic E-state index is 13.1. The van der Waals surface area contributed by atoms with Gasteiger partial charge in [0.25, 0.3) is 0 Å². The summed E-state index contributed by atoms with van der Waals surface area (Å²) < 4.78 is 23.6. The summed E-state index contributed by atoms with van der Waals surface area (Å²) in [6.45, 7) is 6.20. The molecule has 6 fully saturated rings. The number of carbonyl (C=O) groups is 3. The van der Waals surface area contributed by atoms with E-state index in [1.807, 2.05) is 211 Å². The predicted octanol–water partition coefficient (Wildman–Crippen LogP) is 15.3. The average Bonchev–Trinajstić information content (AvgIpc) is 1.62. The molecule has 3 aliphatic carbocycles. The minimum Gasteiger partial charge on any atom is -0.457 e. The van der Waals surface area contributed by atoms with Gasteiger partial charge in [-0.3, -0.25) is 24.2 Å². The first-order valence-corrected chi connectivity index (χ1v) is 42.2. The lowest BCUT2D eigenvalue weighted by Gasteiger charge is -2.34. The van der Waals surface area contributed by atoms with E-state index in [1.54, 1.807) is 18.2 Å². The van der Waals surface area contributed by atoms with Gasteiger partial charge in [-0.05, 0) is 194 Å². The molecule has 6 aromatic carbocycles. The number of nitrogens with zero attached hydrogens (tertiary/aromatic N) is 17. The molecule has 6 aliphatic rings. The smallest absolute Gasteiger partial charge is 0.246 e. The van der Waals surface area contributed by atoms with Gasteiger partial charge < -0.3 is 51.4 Å². The van der Waals surface area contributed by atoms with E-state index in [4.69, 9.17) is 46.7 Å². The molecule has 27 heteroatoms. The molecule has 3 aliphatic heterocycles. The quantitative estimate of drug-likeness (QED) is 0.0408. The summed E-state index contributed by atoms with van der Waals surface area (Å²) in [7, 11) is 4.26. The number of nitrogens with one attached hydrogen (secondary N) is 1. The summed E-state index contributed by atoms with van der Waals surface area (Å²) in [5.41, 5.74) is 25.9. The van der Waals surface area contributed by atoms with Crippen LogP contribution >= 0.6 is 0 Å². The summed E-state index contributed by atoms with van der Waals surface area (Å²) in [5, 5.41) is 20.7. The number of fused-ring (bicyclic) bond motifs is 3.